The Hall–Kier alpha value is 0.823. The van der Waals surface area contributed by atoms with Gasteiger partial charge in [0.2, 0.25) is 0 Å². The molecule has 0 nitrogen and oxygen atoms in total. The average Bonchev–Trinajstić information content (AvgIpc) is 2.88. The summed E-state index contributed by atoms with van der Waals surface area (Å²) < 4.78 is 5.56. The summed E-state index contributed by atoms with van der Waals surface area (Å²) >= 11 is -2.45. The SMILES string of the molecule is C[C](C)=[Hf]([C]1=CC=CC1)([C]1=CC=CC1)=[Ge]([CH3])[CH3].Cl.Cl. The van der Waals surface area contributed by atoms with Gasteiger partial charge < -0.3 is 0 Å². The van der Waals surface area contributed by atoms with E-state index in [2.05, 4.69) is 61.8 Å². The fourth-order valence-corrected chi connectivity index (χ4v) is 68.9. The number of hydrogen-bond donors (Lipinski definition) is 0. The summed E-state index contributed by atoms with van der Waals surface area (Å²) in [5, 5.41) is 0. The van der Waals surface area contributed by atoms with Gasteiger partial charge in [-0.15, -0.1) is 24.8 Å². The number of halogens is 2. The summed E-state index contributed by atoms with van der Waals surface area (Å²) in [5.74, 6) is 5.24. The minimum atomic E-state index is -2.45. The fourth-order valence-electron chi connectivity index (χ4n) is 3.44. The maximum Gasteiger partial charge on any atom is -0.147 e. The van der Waals surface area contributed by atoms with Crippen LogP contribution in [0.25, 0.3) is 0 Å². The molecule has 4 heteroatoms. The molecule has 106 valence electrons. The van der Waals surface area contributed by atoms with Gasteiger partial charge in [-0.25, -0.2) is 0 Å². The molecule has 0 aromatic carbocycles. The summed E-state index contributed by atoms with van der Waals surface area (Å²) in [6.45, 7) is 4.86. The van der Waals surface area contributed by atoms with Gasteiger partial charge in [-0.2, -0.15) is 0 Å². The van der Waals surface area contributed by atoms with Crippen molar-refractivity contribution in [2.24, 2.45) is 0 Å². The predicted octanol–water partition coefficient (Wildman–Crippen LogP) is 5.13. The van der Waals surface area contributed by atoms with E-state index in [1.54, 1.807) is 0 Å². The average molecular weight is 526 g/mol. The monoisotopic (exact) mass is 528 g/mol. The van der Waals surface area contributed by atoms with Gasteiger partial charge in [0.15, 0.2) is 0 Å². The Labute approximate surface area is 134 Å². The fraction of sp³-hybridized carbons (Fsp3) is 0.400. The van der Waals surface area contributed by atoms with Gasteiger partial charge >= 0.3 is 111 Å². The molecule has 2 aliphatic rings. The second-order valence-corrected chi connectivity index (χ2v) is 54.7. The molecule has 19 heavy (non-hydrogen) atoms. The summed E-state index contributed by atoms with van der Waals surface area (Å²) in [6.07, 6.45) is 16.7. The van der Waals surface area contributed by atoms with Crippen molar-refractivity contribution in [1.82, 2.24) is 0 Å². The van der Waals surface area contributed by atoms with Gasteiger partial charge in [-0.1, -0.05) is 0 Å². The van der Waals surface area contributed by atoms with E-state index in [0.29, 0.717) is 0 Å². The van der Waals surface area contributed by atoms with Crippen molar-refractivity contribution in [2.75, 3.05) is 0 Å². The Kier molecular flexibility index (Phi) is 8.67. The molecule has 0 bridgehead atoms. The van der Waals surface area contributed by atoms with Crippen molar-refractivity contribution in [3.05, 3.63) is 43.1 Å². The molecule has 2 aliphatic carbocycles. The number of hydrogen-bond acceptors (Lipinski definition) is 0. The molecule has 0 radical (unpaired) electrons. The second kappa shape index (κ2) is 8.31. The molecule has 2 rings (SSSR count). The largest absolute Gasteiger partial charge is 0.147 e. The molecule has 0 aromatic rings. The molecule has 0 aliphatic heterocycles. The first kappa shape index (κ1) is 19.8. The van der Waals surface area contributed by atoms with Crippen LogP contribution in [0.3, 0.4) is 0 Å². The summed E-state index contributed by atoms with van der Waals surface area (Å²) in [5.41, 5.74) is 0. The van der Waals surface area contributed by atoms with E-state index in [9.17, 15) is 0 Å². The van der Waals surface area contributed by atoms with Crippen molar-refractivity contribution in [2.45, 2.75) is 38.2 Å². The minimum Gasteiger partial charge on any atom is -0.147 e. The zero-order valence-electron chi connectivity index (χ0n) is 12.2. The Morgan fingerprint density at radius 3 is 1.58 bits per heavy atom. The molecule has 0 fully saturated rings. The summed E-state index contributed by atoms with van der Waals surface area (Å²) in [6, 6.07) is 0. The van der Waals surface area contributed by atoms with Crippen molar-refractivity contribution in [3.63, 3.8) is 0 Å². The second-order valence-electron chi connectivity index (χ2n) is 5.40. The summed E-state index contributed by atoms with van der Waals surface area (Å²) in [7, 11) is -0.908. The molecule has 0 amide bonds. The molecule has 0 aromatic heterocycles. The van der Waals surface area contributed by atoms with Crippen molar-refractivity contribution in [1.29, 1.82) is 0 Å². The molecule has 0 N–H and O–H groups in total. The molecule has 0 saturated heterocycles. The predicted molar refractivity (Wildman–Crippen MR) is 92.0 cm³/mol. The van der Waals surface area contributed by atoms with Crippen LogP contribution in [0.4, 0.5) is 0 Å². The van der Waals surface area contributed by atoms with E-state index < -0.39 is 26.4 Å². The van der Waals surface area contributed by atoms with Crippen LogP contribution in [-0.2, 0) is 16.4 Å². The molecular weight excluding hydrogens is 502 g/mol. The van der Waals surface area contributed by atoms with Crippen LogP contribution in [-0.4, -0.2) is 13.3 Å². The maximum absolute atomic E-state index is 2.62. The first-order chi connectivity index (χ1) is 8.10. The Balaban J connectivity index is 0.00000162. The van der Waals surface area contributed by atoms with E-state index in [0.717, 1.165) is 0 Å². The maximum atomic E-state index is 2.62. The van der Waals surface area contributed by atoms with Crippen LogP contribution in [0.2, 0.25) is 11.5 Å². The van der Waals surface area contributed by atoms with Crippen molar-refractivity contribution < 1.29 is 16.4 Å². The van der Waals surface area contributed by atoms with Gasteiger partial charge in [0.05, 0.1) is 0 Å². The first-order valence-electron chi connectivity index (χ1n) is 6.43. The van der Waals surface area contributed by atoms with Gasteiger partial charge in [-0.3, -0.25) is 0 Å². The van der Waals surface area contributed by atoms with Crippen molar-refractivity contribution in [3.8, 4) is 0 Å². The zero-order valence-corrected chi connectivity index (χ0v) is 19.5. The Bertz CT molecular complexity index is 519. The third kappa shape index (κ3) is 3.53. The van der Waals surface area contributed by atoms with E-state index in [1.807, 2.05) is 9.91 Å². The summed E-state index contributed by atoms with van der Waals surface area (Å²) in [4.78, 5) is 0. The Morgan fingerprint density at radius 1 is 0.947 bits per heavy atom. The molecular formula is C15H24Cl2GeHf. The third-order valence-corrected chi connectivity index (χ3v) is 69.7. The van der Waals surface area contributed by atoms with E-state index in [-0.39, 0.29) is 24.8 Å². The topological polar surface area (TPSA) is 0 Å². The zero-order chi connectivity index (χ0) is 12.5. The third-order valence-electron chi connectivity index (χ3n) is 4.01. The van der Waals surface area contributed by atoms with Crippen molar-refractivity contribution >= 4 is 38.1 Å². The van der Waals surface area contributed by atoms with Crippen LogP contribution >= 0.6 is 24.8 Å². The van der Waals surface area contributed by atoms with Gasteiger partial charge in [-0.05, 0) is 0 Å². The number of allylic oxidation sites excluding steroid dienone is 8. The standard InChI is InChI=1S/2C5H5.C3H6.C2H6Ge.2ClH.Hf/c2*1-2-4-5-3-1;2*1-3-2;;;/h2*1-3H,4H2;2*1-2H3;2*1H;. The number of rotatable bonds is 2. The van der Waals surface area contributed by atoms with E-state index in [4.69, 9.17) is 0 Å². The smallest absolute Gasteiger partial charge is 0.147 e. The van der Waals surface area contributed by atoms with Crippen LogP contribution < -0.4 is 0 Å². The normalized spacial score (nSPS) is 15.6. The van der Waals surface area contributed by atoms with Gasteiger partial charge in [0.25, 0.3) is 0 Å². The molecule has 0 saturated carbocycles. The van der Waals surface area contributed by atoms with Crippen LogP contribution in [0.1, 0.15) is 26.7 Å². The van der Waals surface area contributed by atoms with E-state index >= 15 is 0 Å². The van der Waals surface area contributed by atoms with Crippen LogP contribution in [0.5, 0.6) is 0 Å². The molecule has 0 spiro atoms. The first-order valence-corrected chi connectivity index (χ1v) is 26.4. The van der Waals surface area contributed by atoms with E-state index in [1.165, 1.54) is 12.8 Å². The Morgan fingerprint density at radius 2 is 1.37 bits per heavy atom. The quantitative estimate of drug-likeness (QED) is 0.438. The molecule has 0 unspecified atom stereocenters. The van der Waals surface area contributed by atoms with Gasteiger partial charge in [0, 0.05) is 0 Å². The van der Waals surface area contributed by atoms with Crippen LogP contribution in [0, 0.1) is 0 Å². The minimum absolute atomic E-state index is 0. The van der Waals surface area contributed by atoms with Crippen LogP contribution in [0.15, 0.2) is 43.1 Å². The van der Waals surface area contributed by atoms with Gasteiger partial charge in [0.1, 0.15) is 0 Å². The molecule has 0 atom stereocenters. The molecule has 0 heterocycles.